The van der Waals surface area contributed by atoms with Gasteiger partial charge in [-0.25, -0.2) is 9.67 Å². The number of anilines is 1. The van der Waals surface area contributed by atoms with Crippen molar-refractivity contribution in [2.75, 3.05) is 5.32 Å². The van der Waals surface area contributed by atoms with Gasteiger partial charge in [0.25, 0.3) is 5.91 Å². The summed E-state index contributed by atoms with van der Waals surface area (Å²) in [5.41, 5.74) is 1.16. The van der Waals surface area contributed by atoms with Crippen molar-refractivity contribution >= 4 is 52.5 Å². The Morgan fingerprint density at radius 1 is 1.25 bits per heavy atom. The largest absolute Gasteiger partial charge is 0.408 e. The molecule has 1 aromatic carbocycles. The molecule has 0 unspecified atom stereocenters. The Labute approximate surface area is 173 Å². The van der Waals surface area contributed by atoms with E-state index in [1.165, 1.54) is 17.9 Å². The number of halogens is 3. The summed E-state index contributed by atoms with van der Waals surface area (Å²) in [5.74, 6) is -0.934. The fraction of sp³-hybridized carbons (Fsp3) is 0.200. The maximum atomic E-state index is 12.2. The third kappa shape index (κ3) is 4.41. The molecule has 0 spiro atoms. The summed E-state index contributed by atoms with van der Waals surface area (Å²) >= 11 is 17.7. The van der Waals surface area contributed by atoms with Crippen LogP contribution < -0.4 is 5.32 Å². The van der Waals surface area contributed by atoms with Crippen LogP contribution in [-0.2, 0) is 17.9 Å². The predicted molar refractivity (Wildman–Crippen MR) is 103 cm³/mol. The quantitative estimate of drug-likeness (QED) is 0.460. The molecule has 0 atom stereocenters. The van der Waals surface area contributed by atoms with E-state index >= 15 is 0 Å². The van der Waals surface area contributed by atoms with Gasteiger partial charge in [0, 0.05) is 0 Å². The van der Waals surface area contributed by atoms with Crippen molar-refractivity contribution in [2.24, 2.45) is 0 Å². The average molecular weight is 445 g/mol. The minimum absolute atomic E-state index is 0.0791. The molecule has 3 aromatic rings. The number of nitro groups is 1. The van der Waals surface area contributed by atoms with Gasteiger partial charge in [-0.1, -0.05) is 40.9 Å². The highest BCUT2D eigenvalue weighted by molar-refractivity contribution is 6.42. The molecular weight excluding hydrogens is 433 g/mol. The van der Waals surface area contributed by atoms with E-state index in [0.717, 1.165) is 10.2 Å². The molecule has 0 fully saturated rings. The zero-order chi connectivity index (χ0) is 20.4. The van der Waals surface area contributed by atoms with E-state index in [0.29, 0.717) is 22.3 Å². The van der Waals surface area contributed by atoms with Gasteiger partial charge >= 0.3 is 5.82 Å². The van der Waals surface area contributed by atoms with Crippen molar-refractivity contribution in [2.45, 2.75) is 20.0 Å². The molecule has 0 aliphatic heterocycles. The number of rotatable bonds is 6. The maximum Gasteiger partial charge on any atom is 0.408 e. The average Bonchev–Trinajstić information content (AvgIpc) is 3.17. The standard InChI is InChI=1S/C15H12Cl3N7O3/c1-8-13(18)14(25(27)28)21-24(8)6-12(26)20-15-19-7-23(22-15)5-9-2-3-10(16)11(17)4-9/h2-4,7H,5-6H2,1H3,(H,20,22,26). The Bertz CT molecular complexity index is 1060. The van der Waals surface area contributed by atoms with Crippen LogP contribution in [0, 0.1) is 17.0 Å². The van der Waals surface area contributed by atoms with E-state index in [9.17, 15) is 14.9 Å². The summed E-state index contributed by atoms with van der Waals surface area (Å²) in [6, 6.07) is 5.18. The first kappa shape index (κ1) is 20.1. The SMILES string of the molecule is Cc1c(Cl)c([N+](=O)[O-])nn1CC(=O)Nc1ncn(Cc2ccc(Cl)c(Cl)c2)n1. The van der Waals surface area contributed by atoms with Crippen LogP contribution in [0.4, 0.5) is 11.8 Å². The highest BCUT2D eigenvalue weighted by atomic mass is 35.5. The van der Waals surface area contributed by atoms with Crippen molar-refractivity contribution in [1.29, 1.82) is 0 Å². The first-order valence-electron chi connectivity index (χ1n) is 7.75. The number of benzene rings is 1. The number of hydrogen-bond donors (Lipinski definition) is 1. The molecule has 0 radical (unpaired) electrons. The third-order valence-electron chi connectivity index (χ3n) is 3.70. The Kier molecular flexibility index (Phi) is 5.82. The van der Waals surface area contributed by atoms with E-state index in [1.54, 1.807) is 18.2 Å². The molecule has 13 heteroatoms. The van der Waals surface area contributed by atoms with Crippen LogP contribution in [0.1, 0.15) is 11.3 Å². The number of aromatic nitrogens is 5. The van der Waals surface area contributed by atoms with E-state index in [2.05, 4.69) is 20.5 Å². The molecule has 0 bridgehead atoms. The summed E-state index contributed by atoms with van der Waals surface area (Å²) in [7, 11) is 0. The van der Waals surface area contributed by atoms with Gasteiger partial charge in [-0.05, 0) is 29.5 Å². The highest BCUT2D eigenvalue weighted by Gasteiger charge is 2.25. The summed E-state index contributed by atoms with van der Waals surface area (Å²) in [4.78, 5) is 26.3. The van der Waals surface area contributed by atoms with Gasteiger partial charge in [0.15, 0.2) is 5.02 Å². The van der Waals surface area contributed by atoms with E-state index in [-0.39, 0.29) is 17.5 Å². The molecule has 146 valence electrons. The second-order valence-electron chi connectivity index (χ2n) is 5.70. The van der Waals surface area contributed by atoms with E-state index in [1.807, 2.05) is 0 Å². The highest BCUT2D eigenvalue weighted by Crippen LogP contribution is 2.26. The zero-order valence-electron chi connectivity index (χ0n) is 14.3. The minimum atomic E-state index is -0.712. The number of carbonyl (C=O) groups is 1. The van der Waals surface area contributed by atoms with E-state index < -0.39 is 16.6 Å². The lowest BCUT2D eigenvalue weighted by Gasteiger charge is -2.03. The van der Waals surface area contributed by atoms with Crippen LogP contribution in [0.15, 0.2) is 24.5 Å². The molecule has 1 N–H and O–H groups in total. The van der Waals surface area contributed by atoms with Crippen molar-refractivity contribution in [3.8, 4) is 0 Å². The maximum absolute atomic E-state index is 12.2. The van der Waals surface area contributed by atoms with Gasteiger partial charge in [-0.3, -0.25) is 10.1 Å². The second kappa shape index (κ2) is 8.13. The van der Waals surface area contributed by atoms with E-state index in [4.69, 9.17) is 34.8 Å². The van der Waals surface area contributed by atoms with Crippen molar-refractivity contribution in [3.63, 3.8) is 0 Å². The van der Waals surface area contributed by atoms with Crippen molar-refractivity contribution < 1.29 is 9.72 Å². The fourth-order valence-electron chi connectivity index (χ4n) is 2.33. The first-order chi connectivity index (χ1) is 13.2. The molecule has 2 heterocycles. The van der Waals surface area contributed by atoms with Crippen molar-refractivity contribution in [1.82, 2.24) is 24.5 Å². The predicted octanol–water partition coefficient (Wildman–Crippen LogP) is 3.34. The van der Waals surface area contributed by atoms with Gasteiger partial charge in [-0.2, -0.15) is 4.68 Å². The monoisotopic (exact) mass is 443 g/mol. The Hall–Kier alpha value is -2.69. The Morgan fingerprint density at radius 3 is 2.64 bits per heavy atom. The summed E-state index contributed by atoms with van der Waals surface area (Å²) in [6.45, 7) is 1.63. The number of amides is 1. The molecule has 0 aliphatic carbocycles. The zero-order valence-corrected chi connectivity index (χ0v) is 16.5. The van der Waals surface area contributed by atoms with Crippen LogP contribution in [0.25, 0.3) is 0 Å². The first-order valence-corrected chi connectivity index (χ1v) is 8.88. The van der Waals surface area contributed by atoms with Gasteiger partial charge in [0.1, 0.15) is 12.9 Å². The van der Waals surface area contributed by atoms with Gasteiger partial charge in [0.2, 0.25) is 5.95 Å². The topological polar surface area (TPSA) is 121 Å². The van der Waals surface area contributed by atoms with Crippen LogP contribution in [0.2, 0.25) is 15.1 Å². The molecule has 0 aliphatic rings. The third-order valence-corrected chi connectivity index (χ3v) is 4.88. The normalized spacial score (nSPS) is 10.9. The molecule has 1 amide bonds. The van der Waals surface area contributed by atoms with Crippen LogP contribution in [0.5, 0.6) is 0 Å². The van der Waals surface area contributed by atoms with Gasteiger partial charge < -0.3 is 10.1 Å². The van der Waals surface area contributed by atoms with Gasteiger partial charge in [-0.15, -0.1) is 5.10 Å². The van der Waals surface area contributed by atoms with Crippen LogP contribution in [0.3, 0.4) is 0 Å². The number of nitrogens with one attached hydrogen (secondary N) is 1. The molecule has 3 rings (SSSR count). The second-order valence-corrected chi connectivity index (χ2v) is 6.89. The molecule has 2 aromatic heterocycles. The van der Waals surface area contributed by atoms with Crippen molar-refractivity contribution in [3.05, 3.63) is 61.0 Å². The molecule has 10 nitrogen and oxygen atoms in total. The number of hydrogen-bond acceptors (Lipinski definition) is 6. The van der Waals surface area contributed by atoms with Crippen LogP contribution in [-0.4, -0.2) is 35.4 Å². The molecule has 0 saturated carbocycles. The smallest absolute Gasteiger partial charge is 0.358 e. The van der Waals surface area contributed by atoms with Gasteiger partial charge in [0.05, 0.1) is 27.4 Å². The molecule has 28 heavy (non-hydrogen) atoms. The lowest BCUT2D eigenvalue weighted by Crippen LogP contribution is -2.21. The molecule has 0 saturated heterocycles. The Balaban J connectivity index is 1.65. The van der Waals surface area contributed by atoms with Crippen LogP contribution >= 0.6 is 34.8 Å². The minimum Gasteiger partial charge on any atom is -0.358 e. The molecular formula is C15H12Cl3N7O3. The lowest BCUT2D eigenvalue weighted by atomic mass is 10.2. The fourth-order valence-corrected chi connectivity index (χ4v) is 2.86. The summed E-state index contributed by atoms with van der Waals surface area (Å²) in [5, 5.41) is 22.0. The summed E-state index contributed by atoms with van der Waals surface area (Å²) in [6.07, 6.45) is 1.44. The summed E-state index contributed by atoms with van der Waals surface area (Å²) < 4.78 is 2.65. The Morgan fingerprint density at radius 2 is 2.00 bits per heavy atom. The lowest BCUT2D eigenvalue weighted by molar-refractivity contribution is -0.389. The number of nitrogens with zero attached hydrogens (tertiary/aromatic N) is 6. The number of carbonyl (C=O) groups excluding carboxylic acids is 1.